The molecule has 24 heavy (non-hydrogen) atoms. The zero-order valence-corrected chi connectivity index (χ0v) is 13.4. The van der Waals surface area contributed by atoms with Crippen LogP contribution in [0.3, 0.4) is 0 Å². The second kappa shape index (κ2) is 6.53. The van der Waals surface area contributed by atoms with Crippen LogP contribution >= 0.6 is 12.6 Å². The predicted molar refractivity (Wildman–Crippen MR) is 97.8 cm³/mol. The summed E-state index contributed by atoms with van der Waals surface area (Å²) in [6, 6.07) is 20.6. The molecule has 0 saturated carbocycles. The molecule has 0 unspecified atom stereocenters. The average molecular weight is 330 g/mol. The summed E-state index contributed by atoms with van der Waals surface area (Å²) in [6.45, 7) is 0. The zero-order chi connectivity index (χ0) is 17.1. The lowest BCUT2D eigenvalue weighted by Crippen LogP contribution is -1.99. The second-order valence-corrected chi connectivity index (χ2v) is 5.59. The zero-order valence-electron chi connectivity index (χ0n) is 12.6. The van der Waals surface area contributed by atoms with E-state index in [9.17, 15) is 10.1 Å². The summed E-state index contributed by atoms with van der Waals surface area (Å²) < 4.78 is 0. The van der Waals surface area contributed by atoms with Crippen LogP contribution in [0.15, 0.2) is 71.6 Å². The van der Waals surface area contributed by atoms with E-state index in [-0.39, 0.29) is 16.1 Å². The van der Waals surface area contributed by atoms with Gasteiger partial charge in [-0.1, -0.05) is 79.2 Å². The fourth-order valence-corrected chi connectivity index (χ4v) is 3.01. The highest BCUT2D eigenvalue weighted by atomic mass is 32.1. The minimum absolute atomic E-state index is 0.145. The number of nitro groups is 1. The van der Waals surface area contributed by atoms with Crippen molar-refractivity contribution in [1.82, 2.24) is 0 Å². The van der Waals surface area contributed by atoms with Gasteiger partial charge >= 0.3 is 5.69 Å². The van der Waals surface area contributed by atoms with Gasteiger partial charge in [-0.3, -0.25) is 10.1 Å². The van der Waals surface area contributed by atoms with Crippen LogP contribution in [-0.4, -0.2) is 4.92 Å². The van der Waals surface area contributed by atoms with Gasteiger partial charge in [-0.25, -0.2) is 0 Å². The average Bonchev–Trinajstić information content (AvgIpc) is 2.61. The third-order valence-corrected chi connectivity index (χ3v) is 4.05. The van der Waals surface area contributed by atoms with Gasteiger partial charge in [0.25, 0.3) is 0 Å². The Kier molecular flexibility index (Phi) is 4.28. The third kappa shape index (κ3) is 2.73. The Morgan fingerprint density at radius 2 is 1.50 bits per heavy atom. The lowest BCUT2D eigenvalue weighted by atomic mass is 9.89. The third-order valence-electron chi connectivity index (χ3n) is 3.74. The first-order valence-corrected chi connectivity index (χ1v) is 7.64. The summed E-state index contributed by atoms with van der Waals surface area (Å²) >= 11 is 5.24. The smallest absolute Gasteiger partial charge is 0.258 e. The maximum Gasteiger partial charge on any atom is 0.303 e. The van der Waals surface area contributed by atoms with Gasteiger partial charge in [0.05, 0.1) is 4.92 Å². The predicted octanol–water partition coefficient (Wildman–Crippen LogP) is 5.47. The van der Waals surface area contributed by atoms with Crippen LogP contribution in [0.4, 0.5) is 5.69 Å². The summed E-state index contributed by atoms with van der Waals surface area (Å²) in [5.41, 5.74) is 3.22. The van der Waals surface area contributed by atoms with E-state index in [1.807, 2.05) is 60.7 Å². The van der Waals surface area contributed by atoms with Crippen molar-refractivity contribution in [3.05, 3.63) is 82.4 Å². The molecule has 4 heteroatoms. The maximum atomic E-state index is 11.5. The summed E-state index contributed by atoms with van der Waals surface area (Å²) in [7, 11) is 0. The topological polar surface area (TPSA) is 43.1 Å². The molecule has 0 heterocycles. The number of hydrogen-bond acceptors (Lipinski definition) is 2. The molecular weight excluding hydrogens is 318 g/mol. The quantitative estimate of drug-likeness (QED) is 0.363. The Labute approximate surface area is 145 Å². The van der Waals surface area contributed by atoms with Gasteiger partial charge in [0.1, 0.15) is 10.5 Å². The summed E-state index contributed by atoms with van der Waals surface area (Å²) in [5, 5.41) is 11.5. The van der Waals surface area contributed by atoms with E-state index in [1.54, 1.807) is 6.07 Å². The molecule has 3 aromatic carbocycles. The van der Waals surface area contributed by atoms with Crippen LogP contribution in [0.2, 0.25) is 0 Å². The van der Waals surface area contributed by atoms with Gasteiger partial charge in [-0.05, 0) is 22.8 Å². The molecule has 0 amide bonds. The first-order valence-electron chi connectivity index (χ1n) is 7.23. The summed E-state index contributed by atoms with van der Waals surface area (Å²) in [6.07, 6.45) is 5.64. The first-order chi connectivity index (χ1) is 11.6. The fraction of sp³-hybridized carbons (Fsp3) is 0. The van der Waals surface area contributed by atoms with Gasteiger partial charge in [0.15, 0.2) is 0 Å². The number of hydrogen-bond donors (Lipinski definition) is 0. The van der Waals surface area contributed by atoms with Crippen molar-refractivity contribution in [3.8, 4) is 34.6 Å². The number of terminal acetylenes is 1. The van der Waals surface area contributed by atoms with E-state index in [4.69, 9.17) is 19.1 Å². The first kappa shape index (κ1) is 15.7. The molecular formula is C20H12NO2S. The molecule has 0 spiro atoms. The van der Waals surface area contributed by atoms with Gasteiger partial charge in [0.2, 0.25) is 0 Å². The van der Waals surface area contributed by atoms with Crippen LogP contribution in [0.5, 0.6) is 0 Å². The SMILES string of the molecule is C#Cc1c(-c2ccccc2)c(-c2ccccc2)cc([S])c1[N+](=O)[O-]. The molecule has 0 aliphatic rings. The second-order valence-electron chi connectivity index (χ2n) is 5.15. The van der Waals surface area contributed by atoms with Crippen LogP contribution < -0.4 is 0 Å². The number of rotatable bonds is 3. The molecule has 0 saturated heterocycles. The summed E-state index contributed by atoms with van der Waals surface area (Å²) in [4.78, 5) is 11.1. The lowest BCUT2D eigenvalue weighted by Gasteiger charge is -2.14. The molecule has 3 aromatic rings. The van der Waals surface area contributed by atoms with Gasteiger partial charge in [-0.2, -0.15) is 0 Å². The fourth-order valence-electron chi connectivity index (χ4n) is 2.72. The van der Waals surface area contributed by atoms with Gasteiger partial charge in [0, 0.05) is 5.56 Å². The van der Waals surface area contributed by atoms with E-state index in [0.29, 0.717) is 5.56 Å². The van der Waals surface area contributed by atoms with Crippen molar-refractivity contribution >= 4 is 18.3 Å². The molecule has 1 radical (unpaired) electrons. The molecule has 0 atom stereocenters. The Morgan fingerprint density at radius 1 is 0.958 bits per heavy atom. The van der Waals surface area contributed by atoms with Crippen molar-refractivity contribution < 1.29 is 4.92 Å². The molecule has 3 nitrogen and oxygen atoms in total. The largest absolute Gasteiger partial charge is 0.303 e. The number of nitro benzene ring substituents is 1. The Morgan fingerprint density at radius 3 is 2.00 bits per heavy atom. The maximum absolute atomic E-state index is 11.5. The Bertz CT molecular complexity index is 945. The van der Waals surface area contributed by atoms with Gasteiger partial charge in [-0.15, -0.1) is 6.42 Å². The molecule has 0 fully saturated rings. The molecule has 115 valence electrons. The Hall–Kier alpha value is -3.16. The molecule has 0 N–H and O–H groups in total. The molecule has 0 aliphatic carbocycles. The van der Waals surface area contributed by atoms with Crippen LogP contribution in [0, 0.1) is 22.5 Å². The van der Waals surface area contributed by atoms with E-state index < -0.39 is 4.92 Å². The van der Waals surface area contributed by atoms with Crippen molar-refractivity contribution in [1.29, 1.82) is 0 Å². The highest BCUT2D eigenvalue weighted by Gasteiger charge is 2.25. The molecule has 3 rings (SSSR count). The summed E-state index contributed by atoms with van der Waals surface area (Å²) in [5.74, 6) is 2.49. The van der Waals surface area contributed by atoms with E-state index >= 15 is 0 Å². The number of nitrogens with zero attached hydrogens (tertiary/aromatic N) is 1. The monoisotopic (exact) mass is 330 g/mol. The van der Waals surface area contributed by atoms with Crippen molar-refractivity contribution in [3.63, 3.8) is 0 Å². The number of benzene rings is 3. The highest BCUT2D eigenvalue weighted by Crippen LogP contribution is 2.42. The molecule has 0 bridgehead atoms. The molecule has 0 aromatic heterocycles. The minimum Gasteiger partial charge on any atom is -0.258 e. The molecule has 0 aliphatic heterocycles. The standard InChI is InChI=1S/C20H12NO2S/c1-2-16-19(15-11-7-4-8-12-15)17(14-9-5-3-6-10-14)13-18(24)20(16)21(22)23/h1,3-13H. The van der Waals surface area contributed by atoms with Gasteiger partial charge < -0.3 is 0 Å². The Balaban J connectivity index is 2.45. The lowest BCUT2D eigenvalue weighted by molar-refractivity contribution is -0.387. The van der Waals surface area contributed by atoms with Crippen molar-refractivity contribution in [2.75, 3.05) is 0 Å². The normalized spacial score (nSPS) is 10.1. The van der Waals surface area contributed by atoms with Crippen LogP contribution in [0.1, 0.15) is 5.56 Å². The van der Waals surface area contributed by atoms with E-state index in [0.717, 1.165) is 16.7 Å². The minimum atomic E-state index is -0.501. The van der Waals surface area contributed by atoms with Crippen molar-refractivity contribution in [2.24, 2.45) is 0 Å². The van der Waals surface area contributed by atoms with Crippen LogP contribution in [-0.2, 0) is 0 Å². The van der Waals surface area contributed by atoms with Crippen molar-refractivity contribution in [2.45, 2.75) is 4.90 Å². The van der Waals surface area contributed by atoms with E-state index in [2.05, 4.69) is 5.92 Å². The van der Waals surface area contributed by atoms with E-state index in [1.165, 1.54) is 0 Å². The highest BCUT2D eigenvalue weighted by molar-refractivity contribution is 7.80. The van der Waals surface area contributed by atoms with Crippen LogP contribution in [0.25, 0.3) is 22.3 Å².